The first-order chi connectivity index (χ1) is 8.06. The largest absolute Gasteiger partial charge is 0.392 e. The van der Waals surface area contributed by atoms with E-state index in [2.05, 4.69) is 22.3 Å². The number of nitrogens with one attached hydrogen (secondary N) is 1. The number of anilines is 2. The van der Waals surface area contributed by atoms with Crippen LogP contribution in [0, 0.1) is 0 Å². The van der Waals surface area contributed by atoms with E-state index in [9.17, 15) is 5.11 Å². The van der Waals surface area contributed by atoms with Crippen LogP contribution in [0.4, 0.5) is 11.6 Å². The lowest BCUT2D eigenvalue weighted by molar-refractivity contribution is 0.201. The van der Waals surface area contributed by atoms with Crippen LogP contribution in [0.5, 0.6) is 0 Å². The molecule has 0 fully saturated rings. The molecule has 1 unspecified atom stereocenters. The van der Waals surface area contributed by atoms with Gasteiger partial charge in [0.05, 0.1) is 6.10 Å². The van der Waals surface area contributed by atoms with Gasteiger partial charge < -0.3 is 15.4 Å². The van der Waals surface area contributed by atoms with Gasteiger partial charge in [-0.15, -0.1) is 0 Å². The Morgan fingerprint density at radius 2 is 2.24 bits per heavy atom. The minimum atomic E-state index is -0.404. The molecule has 0 bridgehead atoms. The first-order valence-electron chi connectivity index (χ1n) is 5.80. The lowest BCUT2D eigenvalue weighted by atomic mass is 10.3. The molecule has 1 aromatic rings. The molecule has 0 saturated carbocycles. The molecular weight excluding hydrogens is 218 g/mol. The Morgan fingerprint density at radius 1 is 1.53 bits per heavy atom. The van der Waals surface area contributed by atoms with Crippen molar-refractivity contribution in [2.24, 2.45) is 5.84 Å². The van der Waals surface area contributed by atoms with Crippen LogP contribution in [0.15, 0.2) is 6.07 Å². The summed E-state index contributed by atoms with van der Waals surface area (Å²) in [6, 6.07) is 1.77. The van der Waals surface area contributed by atoms with E-state index >= 15 is 0 Å². The summed E-state index contributed by atoms with van der Waals surface area (Å²) in [5, 5.41) is 9.36. The number of aromatic nitrogens is 2. The third-order valence-electron chi connectivity index (χ3n) is 2.31. The Hall–Kier alpha value is -1.40. The van der Waals surface area contributed by atoms with Gasteiger partial charge >= 0.3 is 0 Å². The average Bonchev–Trinajstić information content (AvgIpc) is 2.28. The van der Waals surface area contributed by atoms with Gasteiger partial charge in [0.2, 0.25) is 0 Å². The van der Waals surface area contributed by atoms with Gasteiger partial charge in [0.15, 0.2) is 0 Å². The van der Waals surface area contributed by atoms with E-state index in [1.165, 1.54) is 0 Å². The van der Waals surface area contributed by atoms with Crippen molar-refractivity contribution in [3.8, 4) is 0 Å². The van der Waals surface area contributed by atoms with Crippen molar-refractivity contribution < 1.29 is 5.11 Å². The fourth-order valence-electron chi connectivity index (χ4n) is 1.58. The van der Waals surface area contributed by atoms with Gasteiger partial charge in [-0.25, -0.2) is 15.8 Å². The van der Waals surface area contributed by atoms with E-state index < -0.39 is 6.10 Å². The number of nitrogens with zero attached hydrogens (tertiary/aromatic N) is 3. The van der Waals surface area contributed by atoms with Crippen molar-refractivity contribution >= 4 is 11.6 Å². The highest BCUT2D eigenvalue weighted by Crippen LogP contribution is 2.15. The third-order valence-corrected chi connectivity index (χ3v) is 2.31. The zero-order valence-electron chi connectivity index (χ0n) is 10.6. The number of rotatable bonds is 6. The Kier molecular flexibility index (Phi) is 5.11. The second kappa shape index (κ2) is 6.36. The molecule has 0 spiro atoms. The highest BCUT2D eigenvalue weighted by Gasteiger charge is 2.09. The summed E-state index contributed by atoms with van der Waals surface area (Å²) in [7, 11) is 1.88. The number of hydrazine groups is 1. The molecule has 0 aliphatic carbocycles. The minimum absolute atomic E-state index is 0.404. The Morgan fingerprint density at radius 3 is 2.76 bits per heavy atom. The standard InChI is InChI=1S/C11H21N5O/c1-4-5-9-13-10(15-12)6-11(14-9)16(3)7-8(2)17/h6,8,17H,4-5,7,12H2,1-3H3,(H,13,14,15). The summed E-state index contributed by atoms with van der Waals surface area (Å²) in [4.78, 5) is 10.6. The summed E-state index contributed by atoms with van der Waals surface area (Å²) in [5.41, 5.74) is 2.53. The Balaban J connectivity index is 2.93. The highest BCUT2D eigenvalue weighted by molar-refractivity contribution is 5.48. The SMILES string of the molecule is CCCc1nc(NN)cc(N(C)CC(C)O)n1. The second-order valence-electron chi connectivity index (χ2n) is 4.15. The van der Waals surface area contributed by atoms with Crippen LogP contribution in [-0.4, -0.2) is 34.8 Å². The number of hydrogen-bond donors (Lipinski definition) is 3. The van der Waals surface area contributed by atoms with Gasteiger partial charge in [0, 0.05) is 26.1 Å². The first kappa shape index (κ1) is 13.7. The van der Waals surface area contributed by atoms with Crippen molar-refractivity contribution in [1.82, 2.24) is 9.97 Å². The van der Waals surface area contributed by atoms with Gasteiger partial charge in [0.1, 0.15) is 17.5 Å². The Bertz CT molecular complexity index is 356. The van der Waals surface area contributed by atoms with Crippen LogP contribution < -0.4 is 16.2 Å². The van der Waals surface area contributed by atoms with Gasteiger partial charge in [-0.3, -0.25) is 0 Å². The van der Waals surface area contributed by atoms with Crippen LogP contribution in [-0.2, 0) is 6.42 Å². The fraction of sp³-hybridized carbons (Fsp3) is 0.636. The summed E-state index contributed by atoms with van der Waals surface area (Å²) in [6.45, 7) is 4.34. The number of nitrogens with two attached hydrogens (primary N) is 1. The molecule has 0 aliphatic heterocycles. The zero-order valence-corrected chi connectivity index (χ0v) is 10.6. The van der Waals surface area contributed by atoms with Crippen LogP contribution in [0.1, 0.15) is 26.1 Å². The van der Waals surface area contributed by atoms with Crippen molar-refractivity contribution in [1.29, 1.82) is 0 Å². The fourth-order valence-corrected chi connectivity index (χ4v) is 1.58. The van der Waals surface area contributed by atoms with E-state index in [0.717, 1.165) is 24.5 Å². The summed E-state index contributed by atoms with van der Waals surface area (Å²) >= 11 is 0. The maximum atomic E-state index is 9.36. The third kappa shape index (κ3) is 4.16. The monoisotopic (exact) mass is 239 g/mol. The first-order valence-corrected chi connectivity index (χ1v) is 5.80. The minimum Gasteiger partial charge on any atom is -0.392 e. The molecule has 0 radical (unpaired) electrons. The number of nitrogen functional groups attached to an aromatic ring is 1. The van der Waals surface area contributed by atoms with E-state index in [4.69, 9.17) is 5.84 Å². The molecule has 0 aromatic carbocycles. The lowest BCUT2D eigenvalue weighted by Crippen LogP contribution is -2.28. The molecule has 6 heteroatoms. The van der Waals surface area contributed by atoms with Gasteiger partial charge in [-0.1, -0.05) is 6.92 Å². The number of aliphatic hydroxyl groups excluding tert-OH is 1. The lowest BCUT2D eigenvalue weighted by Gasteiger charge is -2.20. The summed E-state index contributed by atoms with van der Waals surface area (Å²) in [5.74, 6) is 7.49. The predicted octanol–water partition coefficient (Wildman–Crippen LogP) is 0.532. The van der Waals surface area contributed by atoms with E-state index in [-0.39, 0.29) is 0 Å². The molecule has 96 valence electrons. The maximum Gasteiger partial charge on any atom is 0.145 e. The molecule has 0 amide bonds. The number of hydrogen-bond acceptors (Lipinski definition) is 6. The van der Waals surface area contributed by atoms with Gasteiger partial charge in [-0.2, -0.15) is 0 Å². The number of aryl methyl sites for hydroxylation is 1. The summed E-state index contributed by atoms with van der Waals surface area (Å²) < 4.78 is 0. The molecule has 17 heavy (non-hydrogen) atoms. The van der Waals surface area contributed by atoms with E-state index in [1.807, 2.05) is 11.9 Å². The van der Waals surface area contributed by atoms with Crippen LogP contribution in [0.25, 0.3) is 0 Å². The van der Waals surface area contributed by atoms with Crippen molar-refractivity contribution in [3.63, 3.8) is 0 Å². The predicted molar refractivity (Wildman–Crippen MR) is 68.8 cm³/mol. The number of likely N-dealkylation sites (N-methyl/N-ethyl adjacent to an activating group) is 1. The average molecular weight is 239 g/mol. The van der Waals surface area contributed by atoms with Crippen molar-refractivity contribution in [3.05, 3.63) is 11.9 Å². The molecule has 1 aromatic heterocycles. The van der Waals surface area contributed by atoms with Crippen LogP contribution >= 0.6 is 0 Å². The van der Waals surface area contributed by atoms with E-state index in [1.54, 1.807) is 13.0 Å². The molecule has 1 rings (SSSR count). The van der Waals surface area contributed by atoms with Crippen LogP contribution in [0.2, 0.25) is 0 Å². The van der Waals surface area contributed by atoms with Gasteiger partial charge in [-0.05, 0) is 13.3 Å². The quantitative estimate of drug-likeness (QED) is 0.496. The molecule has 0 aliphatic rings. The Labute approximate surface area is 102 Å². The molecule has 0 saturated heterocycles. The molecular formula is C11H21N5O. The van der Waals surface area contributed by atoms with E-state index in [0.29, 0.717) is 12.4 Å². The smallest absolute Gasteiger partial charge is 0.145 e. The number of aliphatic hydroxyl groups is 1. The van der Waals surface area contributed by atoms with Crippen LogP contribution in [0.3, 0.4) is 0 Å². The topological polar surface area (TPSA) is 87.3 Å². The highest BCUT2D eigenvalue weighted by atomic mass is 16.3. The summed E-state index contributed by atoms with van der Waals surface area (Å²) in [6.07, 6.45) is 1.39. The molecule has 1 atom stereocenters. The second-order valence-corrected chi connectivity index (χ2v) is 4.15. The maximum absolute atomic E-state index is 9.36. The molecule has 6 nitrogen and oxygen atoms in total. The zero-order chi connectivity index (χ0) is 12.8. The van der Waals surface area contributed by atoms with Crippen molar-refractivity contribution in [2.75, 3.05) is 23.9 Å². The molecule has 4 N–H and O–H groups in total. The van der Waals surface area contributed by atoms with Gasteiger partial charge in [0.25, 0.3) is 0 Å². The normalized spacial score (nSPS) is 12.3. The van der Waals surface area contributed by atoms with Crippen molar-refractivity contribution in [2.45, 2.75) is 32.8 Å². The molecule has 1 heterocycles.